The molecule has 0 bridgehead atoms. The summed E-state index contributed by atoms with van der Waals surface area (Å²) < 4.78 is 0. The summed E-state index contributed by atoms with van der Waals surface area (Å²) in [5.41, 5.74) is 10.5. The van der Waals surface area contributed by atoms with Gasteiger partial charge < -0.3 is 0 Å². The van der Waals surface area contributed by atoms with E-state index in [-0.39, 0.29) is 0 Å². The van der Waals surface area contributed by atoms with Crippen LogP contribution in [-0.4, -0.2) is 0 Å². The topological polar surface area (TPSA) is 0 Å². The Bertz CT molecular complexity index is 3200. The van der Waals surface area contributed by atoms with Crippen LogP contribution in [0.1, 0.15) is 22.3 Å². The van der Waals surface area contributed by atoms with Crippen LogP contribution in [0.3, 0.4) is 0 Å². The van der Waals surface area contributed by atoms with Crippen molar-refractivity contribution < 1.29 is 0 Å². The molecule has 11 rings (SSSR count). The van der Waals surface area contributed by atoms with Crippen molar-refractivity contribution in [2.24, 2.45) is 0 Å². The molecule has 0 aliphatic rings. The zero-order valence-corrected chi connectivity index (χ0v) is 28.7. The largest absolute Gasteiger partial charge is 0.0622 e. The summed E-state index contributed by atoms with van der Waals surface area (Å²) in [5.74, 6) is 0. The molecule has 0 N–H and O–H groups in total. The second-order valence-corrected chi connectivity index (χ2v) is 14.7. The molecule has 0 fully saturated rings. The molecule has 0 aromatic heterocycles. The summed E-state index contributed by atoms with van der Waals surface area (Å²) in [5, 5.41) is 21.6. The minimum absolute atomic E-state index is 1.26. The molecule has 0 atom stereocenters. The van der Waals surface area contributed by atoms with Crippen LogP contribution in [0.15, 0.2) is 133 Å². The van der Waals surface area contributed by atoms with E-state index in [9.17, 15) is 0 Å². The van der Waals surface area contributed by atoms with Crippen molar-refractivity contribution in [3.8, 4) is 22.3 Å². The van der Waals surface area contributed by atoms with Crippen LogP contribution in [0.2, 0.25) is 0 Å². The molecule has 0 spiro atoms. The van der Waals surface area contributed by atoms with Gasteiger partial charge in [0.05, 0.1) is 0 Å². The van der Waals surface area contributed by atoms with Gasteiger partial charge in [-0.25, -0.2) is 0 Å². The minimum Gasteiger partial charge on any atom is -0.0622 e. The van der Waals surface area contributed by atoms with E-state index in [4.69, 9.17) is 0 Å². The molecule has 0 unspecified atom stereocenters. The van der Waals surface area contributed by atoms with Gasteiger partial charge in [0, 0.05) is 0 Å². The van der Waals surface area contributed by atoms with Crippen LogP contribution in [0, 0.1) is 27.7 Å². The Balaban J connectivity index is 1.53. The van der Waals surface area contributed by atoms with Gasteiger partial charge in [0.1, 0.15) is 0 Å². The molecule has 50 heavy (non-hydrogen) atoms. The molecule has 234 valence electrons. The van der Waals surface area contributed by atoms with Crippen LogP contribution >= 0.6 is 0 Å². The van der Waals surface area contributed by atoms with Crippen LogP contribution in [0.5, 0.6) is 0 Å². The zero-order valence-electron chi connectivity index (χ0n) is 28.7. The third-order valence-corrected chi connectivity index (χ3v) is 11.7. The van der Waals surface area contributed by atoms with Gasteiger partial charge in [-0.05, 0) is 165 Å². The van der Waals surface area contributed by atoms with E-state index < -0.39 is 0 Å². The van der Waals surface area contributed by atoms with Crippen LogP contribution in [-0.2, 0) is 0 Å². The standard InChI is InChI=1S/C50H34/c1-27-18-19-34-33(20-27)25-42-47-39(34)21-28(2)22-41(47)49-44(31-12-7-5-8-13-31)43-26-40-38-24-30(4)29(3)23-37(38)35-16-11-17-36(46(35)40)48(43)45(50(42)49)32-14-9-6-10-15-32/h5-26H,1-4H3. The molecule has 0 saturated heterocycles. The highest BCUT2D eigenvalue weighted by atomic mass is 14.3. The van der Waals surface area contributed by atoms with Crippen molar-refractivity contribution in [3.05, 3.63) is 156 Å². The molecule has 0 aliphatic heterocycles. The van der Waals surface area contributed by atoms with E-state index in [0.717, 1.165) is 0 Å². The molecule has 0 aliphatic carbocycles. The highest BCUT2D eigenvalue weighted by molar-refractivity contribution is 6.46. The van der Waals surface area contributed by atoms with E-state index in [1.165, 1.54) is 131 Å². The highest BCUT2D eigenvalue weighted by Crippen LogP contribution is 2.55. The third-order valence-electron chi connectivity index (χ3n) is 11.7. The first-order chi connectivity index (χ1) is 24.5. The van der Waals surface area contributed by atoms with Crippen molar-refractivity contribution in [2.45, 2.75) is 27.7 Å². The number of aryl methyl sites for hydroxylation is 4. The summed E-state index contributed by atoms with van der Waals surface area (Å²) in [6.07, 6.45) is 0. The maximum atomic E-state index is 2.55. The van der Waals surface area contributed by atoms with Gasteiger partial charge in [0.2, 0.25) is 0 Å². The fourth-order valence-electron chi connectivity index (χ4n) is 9.45. The number of hydrogen-bond donors (Lipinski definition) is 0. The van der Waals surface area contributed by atoms with E-state index in [1.54, 1.807) is 0 Å². The Morgan fingerprint density at radius 2 is 0.860 bits per heavy atom. The first-order valence-electron chi connectivity index (χ1n) is 17.8. The lowest BCUT2D eigenvalue weighted by molar-refractivity contribution is 1.37. The van der Waals surface area contributed by atoms with E-state index in [2.05, 4.69) is 161 Å². The van der Waals surface area contributed by atoms with Gasteiger partial charge in [-0.3, -0.25) is 0 Å². The first-order valence-corrected chi connectivity index (χ1v) is 17.8. The summed E-state index contributed by atoms with van der Waals surface area (Å²) in [6.45, 7) is 8.96. The maximum absolute atomic E-state index is 2.55. The molecular weight excluding hydrogens is 601 g/mol. The summed E-state index contributed by atoms with van der Waals surface area (Å²) in [7, 11) is 0. The van der Waals surface area contributed by atoms with Crippen molar-refractivity contribution in [3.63, 3.8) is 0 Å². The van der Waals surface area contributed by atoms with Crippen molar-refractivity contribution in [1.29, 1.82) is 0 Å². The Kier molecular flexibility index (Phi) is 5.47. The lowest BCUT2D eigenvalue weighted by Gasteiger charge is -2.19. The average Bonchev–Trinajstić information content (AvgIpc) is 3.60. The van der Waals surface area contributed by atoms with Crippen molar-refractivity contribution >= 4 is 86.2 Å². The van der Waals surface area contributed by atoms with Crippen LogP contribution < -0.4 is 0 Å². The van der Waals surface area contributed by atoms with Crippen molar-refractivity contribution in [2.75, 3.05) is 0 Å². The lowest BCUT2D eigenvalue weighted by Crippen LogP contribution is -1.91. The summed E-state index contributed by atoms with van der Waals surface area (Å²) in [4.78, 5) is 0. The zero-order chi connectivity index (χ0) is 33.4. The number of fused-ring (bicyclic) bond motifs is 10. The van der Waals surface area contributed by atoms with Gasteiger partial charge in [-0.2, -0.15) is 0 Å². The normalized spacial score (nSPS) is 12.4. The van der Waals surface area contributed by atoms with Gasteiger partial charge in [-0.15, -0.1) is 0 Å². The molecule has 0 amide bonds. The average molecular weight is 635 g/mol. The number of hydrogen-bond acceptors (Lipinski definition) is 0. The van der Waals surface area contributed by atoms with Gasteiger partial charge in [0.15, 0.2) is 0 Å². The van der Waals surface area contributed by atoms with Crippen LogP contribution in [0.4, 0.5) is 0 Å². The molecule has 11 aromatic rings. The quantitative estimate of drug-likeness (QED) is 0.166. The Hall–Kier alpha value is -5.98. The third kappa shape index (κ3) is 3.56. The Labute approximate surface area is 290 Å². The molecule has 0 radical (unpaired) electrons. The molecular formula is C50H34. The van der Waals surface area contributed by atoms with Gasteiger partial charge in [-0.1, -0.05) is 127 Å². The van der Waals surface area contributed by atoms with Crippen LogP contribution in [0.25, 0.3) is 108 Å². The SMILES string of the molecule is Cc1ccc2c(c1)cc1c3c(-c4ccccc4)c4c(cc5c6cc(C)c(C)cc6c6cccc4c65)c(-c4ccccc4)c3c3cc(C)cc2c31. The molecule has 0 nitrogen and oxygen atoms in total. The molecule has 0 heterocycles. The van der Waals surface area contributed by atoms with E-state index in [1.807, 2.05) is 0 Å². The maximum Gasteiger partial charge on any atom is -0.000697 e. The van der Waals surface area contributed by atoms with Gasteiger partial charge in [0.25, 0.3) is 0 Å². The van der Waals surface area contributed by atoms with Gasteiger partial charge >= 0.3 is 0 Å². The second kappa shape index (κ2) is 9.80. The Morgan fingerprint density at radius 3 is 1.60 bits per heavy atom. The molecule has 11 aromatic carbocycles. The van der Waals surface area contributed by atoms with E-state index in [0.29, 0.717) is 0 Å². The predicted octanol–water partition coefficient (Wildman–Crippen LogP) is 14.4. The first kappa shape index (κ1) is 27.9. The summed E-state index contributed by atoms with van der Waals surface area (Å²) >= 11 is 0. The second-order valence-electron chi connectivity index (χ2n) is 14.7. The fraction of sp³-hybridized carbons (Fsp3) is 0.0800. The van der Waals surface area contributed by atoms with E-state index >= 15 is 0 Å². The van der Waals surface area contributed by atoms with Crippen molar-refractivity contribution in [1.82, 2.24) is 0 Å². The molecule has 0 heteroatoms. The molecule has 0 saturated carbocycles. The predicted molar refractivity (Wildman–Crippen MR) is 219 cm³/mol. The highest BCUT2D eigenvalue weighted by Gasteiger charge is 2.27. The smallest absolute Gasteiger partial charge is 0.000697 e. The fourth-order valence-corrected chi connectivity index (χ4v) is 9.45. The minimum atomic E-state index is 1.26. The number of rotatable bonds is 2. The lowest BCUT2D eigenvalue weighted by atomic mass is 9.83. The monoisotopic (exact) mass is 634 g/mol. The number of benzene rings is 9. The summed E-state index contributed by atoms with van der Waals surface area (Å²) in [6, 6.07) is 51.0. The Morgan fingerprint density at radius 1 is 0.280 bits per heavy atom.